The molecule has 0 aromatic rings. The third kappa shape index (κ3) is 4.47. The van der Waals surface area contributed by atoms with Crippen LogP contribution >= 0.6 is 0 Å². The first kappa shape index (κ1) is 13.4. The van der Waals surface area contributed by atoms with Gasteiger partial charge in [0.05, 0.1) is 12.5 Å². The molecule has 1 N–H and O–H groups in total. The maximum absolute atomic E-state index is 11.4. The van der Waals surface area contributed by atoms with Gasteiger partial charge in [-0.25, -0.2) is 0 Å². The zero-order valence-corrected chi connectivity index (χ0v) is 10.1. The molecule has 1 aliphatic rings. The van der Waals surface area contributed by atoms with Crippen LogP contribution in [0.1, 0.15) is 40.0 Å². The maximum atomic E-state index is 11.4. The number of carbonyl (C=O) groups is 1. The summed E-state index contributed by atoms with van der Waals surface area (Å²) in [6, 6.07) is 0. The standard InChI is InChI=1S/C11H20O5/c1-4-5-8(12)6-9(13)15-10-7-14-11(2,3)16-10/h8,10,12H,4-7H2,1-3H3/t8-,10-/m1/s1. The summed E-state index contributed by atoms with van der Waals surface area (Å²) in [6.07, 6.45) is 0.158. The highest BCUT2D eigenvalue weighted by atomic mass is 16.8. The lowest BCUT2D eigenvalue weighted by molar-refractivity contribution is -0.198. The van der Waals surface area contributed by atoms with Crippen LogP contribution in [0.5, 0.6) is 0 Å². The molecule has 0 bridgehead atoms. The predicted molar refractivity (Wildman–Crippen MR) is 56.5 cm³/mol. The Hall–Kier alpha value is -0.650. The minimum atomic E-state index is -0.701. The Labute approximate surface area is 95.7 Å². The van der Waals surface area contributed by atoms with E-state index in [1.54, 1.807) is 13.8 Å². The summed E-state index contributed by atoms with van der Waals surface area (Å²) in [5.74, 6) is -1.15. The average Bonchev–Trinajstić information content (AvgIpc) is 2.45. The van der Waals surface area contributed by atoms with Crippen LogP contribution in [0.4, 0.5) is 0 Å². The molecule has 0 aliphatic carbocycles. The molecule has 0 radical (unpaired) electrons. The molecular formula is C11H20O5. The van der Waals surface area contributed by atoms with Crippen molar-refractivity contribution in [1.82, 2.24) is 0 Å². The Morgan fingerprint density at radius 3 is 2.81 bits per heavy atom. The normalized spacial score (nSPS) is 25.4. The Bertz CT molecular complexity index is 239. The highest BCUT2D eigenvalue weighted by Crippen LogP contribution is 2.23. The molecule has 1 aliphatic heterocycles. The third-order valence-electron chi connectivity index (χ3n) is 2.27. The highest BCUT2D eigenvalue weighted by molar-refractivity contribution is 5.70. The minimum absolute atomic E-state index is 0.00806. The Morgan fingerprint density at radius 2 is 2.31 bits per heavy atom. The van der Waals surface area contributed by atoms with E-state index in [2.05, 4.69) is 0 Å². The fourth-order valence-electron chi connectivity index (χ4n) is 1.53. The Kier molecular flexibility index (Phi) is 4.70. The number of esters is 1. The average molecular weight is 232 g/mol. The molecule has 1 saturated heterocycles. The minimum Gasteiger partial charge on any atom is -0.433 e. The van der Waals surface area contributed by atoms with Crippen molar-refractivity contribution in [3.63, 3.8) is 0 Å². The fraction of sp³-hybridized carbons (Fsp3) is 0.909. The Morgan fingerprint density at radius 1 is 1.62 bits per heavy atom. The van der Waals surface area contributed by atoms with Crippen LogP contribution in [0.2, 0.25) is 0 Å². The first-order valence-corrected chi connectivity index (χ1v) is 5.62. The van der Waals surface area contributed by atoms with E-state index in [0.717, 1.165) is 6.42 Å². The van der Waals surface area contributed by atoms with Crippen LogP contribution < -0.4 is 0 Å². The number of hydrogen-bond donors (Lipinski definition) is 1. The maximum Gasteiger partial charge on any atom is 0.310 e. The third-order valence-corrected chi connectivity index (χ3v) is 2.27. The van der Waals surface area contributed by atoms with Gasteiger partial charge < -0.3 is 19.3 Å². The quantitative estimate of drug-likeness (QED) is 0.721. The second-order valence-corrected chi connectivity index (χ2v) is 4.39. The van der Waals surface area contributed by atoms with E-state index in [1.807, 2.05) is 6.92 Å². The van der Waals surface area contributed by atoms with E-state index < -0.39 is 24.2 Å². The molecule has 0 amide bonds. The van der Waals surface area contributed by atoms with Crippen LogP contribution in [-0.4, -0.2) is 35.9 Å². The molecule has 5 heteroatoms. The van der Waals surface area contributed by atoms with Crippen molar-refractivity contribution in [2.75, 3.05) is 6.61 Å². The fourth-order valence-corrected chi connectivity index (χ4v) is 1.53. The summed E-state index contributed by atoms with van der Waals surface area (Å²) in [7, 11) is 0. The second-order valence-electron chi connectivity index (χ2n) is 4.39. The van der Waals surface area contributed by atoms with E-state index >= 15 is 0 Å². The molecule has 1 rings (SSSR count). The van der Waals surface area contributed by atoms with Gasteiger partial charge in [-0.05, 0) is 20.3 Å². The summed E-state index contributed by atoms with van der Waals surface area (Å²) in [5, 5.41) is 9.42. The molecule has 0 aromatic carbocycles. The van der Waals surface area contributed by atoms with E-state index in [1.165, 1.54) is 0 Å². The number of rotatable bonds is 5. The van der Waals surface area contributed by atoms with Gasteiger partial charge in [0.2, 0.25) is 6.29 Å². The second kappa shape index (κ2) is 5.61. The lowest BCUT2D eigenvalue weighted by Gasteiger charge is -2.17. The number of aliphatic hydroxyl groups is 1. The first-order valence-electron chi connectivity index (χ1n) is 5.62. The van der Waals surface area contributed by atoms with Gasteiger partial charge in [0, 0.05) is 0 Å². The molecule has 5 nitrogen and oxygen atoms in total. The molecule has 0 unspecified atom stereocenters. The van der Waals surface area contributed by atoms with Gasteiger partial charge in [-0.3, -0.25) is 4.79 Å². The summed E-state index contributed by atoms with van der Waals surface area (Å²) < 4.78 is 15.6. The van der Waals surface area contributed by atoms with Gasteiger partial charge in [-0.15, -0.1) is 0 Å². The van der Waals surface area contributed by atoms with Crippen LogP contribution in [0.3, 0.4) is 0 Å². The molecule has 0 aromatic heterocycles. The lowest BCUT2D eigenvalue weighted by atomic mass is 10.1. The van der Waals surface area contributed by atoms with E-state index in [-0.39, 0.29) is 13.0 Å². The molecule has 0 saturated carbocycles. The van der Waals surface area contributed by atoms with Crippen molar-refractivity contribution in [2.45, 2.75) is 58.2 Å². The number of hydrogen-bond acceptors (Lipinski definition) is 5. The van der Waals surface area contributed by atoms with Crippen LogP contribution in [0, 0.1) is 0 Å². The Balaban J connectivity index is 2.25. The van der Waals surface area contributed by atoms with Crippen LogP contribution in [0.15, 0.2) is 0 Å². The molecule has 1 heterocycles. The highest BCUT2D eigenvalue weighted by Gasteiger charge is 2.35. The van der Waals surface area contributed by atoms with Gasteiger partial charge >= 0.3 is 5.97 Å². The summed E-state index contributed by atoms with van der Waals surface area (Å²) in [5.41, 5.74) is 0. The van der Waals surface area contributed by atoms with Crippen LogP contribution in [-0.2, 0) is 19.0 Å². The van der Waals surface area contributed by atoms with Crippen molar-refractivity contribution in [3.05, 3.63) is 0 Å². The largest absolute Gasteiger partial charge is 0.433 e. The van der Waals surface area contributed by atoms with Gasteiger partial charge in [-0.1, -0.05) is 13.3 Å². The van der Waals surface area contributed by atoms with Gasteiger partial charge in [0.1, 0.15) is 6.61 Å². The molecule has 2 atom stereocenters. The van der Waals surface area contributed by atoms with Crippen molar-refractivity contribution < 1.29 is 24.1 Å². The molecule has 1 fully saturated rings. The van der Waals surface area contributed by atoms with Crippen molar-refractivity contribution in [3.8, 4) is 0 Å². The van der Waals surface area contributed by atoms with E-state index in [0.29, 0.717) is 6.42 Å². The molecule has 16 heavy (non-hydrogen) atoms. The summed E-state index contributed by atoms with van der Waals surface area (Å²) in [6.45, 7) is 5.70. The SMILES string of the molecule is CCC[C@@H](O)CC(=O)O[C@H]1COC(C)(C)O1. The lowest BCUT2D eigenvalue weighted by Crippen LogP contribution is -2.26. The van der Waals surface area contributed by atoms with Gasteiger partial charge in [0.15, 0.2) is 5.79 Å². The zero-order chi connectivity index (χ0) is 12.2. The van der Waals surface area contributed by atoms with Crippen LogP contribution in [0.25, 0.3) is 0 Å². The molecular weight excluding hydrogens is 212 g/mol. The van der Waals surface area contributed by atoms with Crippen molar-refractivity contribution >= 4 is 5.97 Å². The zero-order valence-electron chi connectivity index (χ0n) is 10.1. The molecule has 0 spiro atoms. The van der Waals surface area contributed by atoms with Crippen molar-refractivity contribution in [1.29, 1.82) is 0 Å². The smallest absolute Gasteiger partial charge is 0.310 e. The monoisotopic (exact) mass is 232 g/mol. The predicted octanol–water partition coefficient (Wildman–Crippen LogP) is 1.19. The number of carbonyl (C=O) groups excluding carboxylic acids is 1. The summed E-state index contributed by atoms with van der Waals surface area (Å²) in [4.78, 5) is 11.4. The van der Waals surface area contributed by atoms with Gasteiger partial charge in [-0.2, -0.15) is 0 Å². The number of aliphatic hydroxyl groups excluding tert-OH is 1. The van der Waals surface area contributed by atoms with Crippen molar-refractivity contribution in [2.24, 2.45) is 0 Å². The molecule has 94 valence electrons. The topological polar surface area (TPSA) is 65.0 Å². The van der Waals surface area contributed by atoms with E-state index in [9.17, 15) is 9.90 Å². The summed E-state index contributed by atoms with van der Waals surface area (Å²) >= 11 is 0. The van der Waals surface area contributed by atoms with Gasteiger partial charge in [0.25, 0.3) is 0 Å². The first-order chi connectivity index (χ1) is 7.43. The number of ether oxygens (including phenoxy) is 3. The van der Waals surface area contributed by atoms with E-state index in [4.69, 9.17) is 14.2 Å².